The van der Waals surface area contributed by atoms with Crippen molar-refractivity contribution in [2.45, 2.75) is 52.4 Å². The summed E-state index contributed by atoms with van der Waals surface area (Å²) in [5.41, 5.74) is 0. The number of hydrogen-bond donors (Lipinski definition) is 2. The van der Waals surface area contributed by atoms with Crippen LogP contribution in [0.5, 0.6) is 0 Å². The second-order valence-electron chi connectivity index (χ2n) is 4.08. The molecule has 0 fully saturated rings. The van der Waals surface area contributed by atoms with E-state index in [0.717, 1.165) is 19.5 Å². The van der Waals surface area contributed by atoms with Crippen molar-refractivity contribution in [1.82, 2.24) is 5.32 Å². The lowest BCUT2D eigenvalue weighted by atomic mass is 10.0. The Morgan fingerprint density at radius 1 is 1.07 bits per heavy atom. The van der Waals surface area contributed by atoms with Gasteiger partial charge in [0.1, 0.15) is 0 Å². The van der Waals surface area contributed by atoms with E-state index in [2.05, 4.69) is 19.2 Å². The van der Waals surface area contributed by atoms with Crippen molar-refractivity contribution in [1.29, 1.82) is 0 Å². The number of nitrogens with one attached hydrogen (secondary N) is 1. The van der Waals surface area contributed by atoms with Crippen LogP contribution in [-0.2, 0) is 0 Å². The molecule has 2 N–H and O–H groups in total. The maximum Gasteiger partial charge on any atom is 0.0434 e. The zero-order chi connectivity index (χ0) is 10.6. The largest absolute Gasteiger partial charge is 0.396 e. The molecule has 0 amide bonds. The summed E-state index contributed by atoms with van der Waals surface area (Å²) in [7, 11) is 0. The van der Waals surface area contributed by atoms with E-state index in [4.69, 9.17) is 5.11 Å². The maximum atomic E-state index is 8.88. The van der Waals surface area contributed by atoms with Crippen molar-refractivity contribution in [2.24, 2.45) is 5.92 Å². The zero-order valence-electron chi connectivity index (χ0n) is 9.89. The molecule has 0 radical (unpaired) electrons. The molecule has 0 aromatic heterocycles. The van der Waals surface area contributed by atoms with Crippen molar-refractivity contribution >= 4 is 0 Å². The third-order valence-electron chi connectivity index (χ3n) is 2.62. The average molecular weight is 201 g/mol. The fourth-order valence-corrected chi connectivity index (χ4v) is 1.75. The van der Waals surface area contributed by atoms with E-state index in [1.54, 1.807) is 0 Å². The van der Waals surface area contributed by atoms with E-state index in [0.29, 0.717) is 12.5 Å². The van der Waals surface area contributed by atoms with E-state index < -0.39 is 0 Å². The summed E-state index contributed by atoms with van der Waals surface area (Å²) in [6.07, 6.45) is 7.31. The molecule has 0 saturated heterocycles. The van der Waals surface area contributed by atoms with Crippen LogP contribution in [0.2, 0.25) is 0 Å². The minimum absolute atomic E-state index is 0.335. The molecule has 0 bridgehead atoms. The third-order valence-corrected chi connectivity index (χ3v) is 2.62. The highest BCUT2D eigenvalue weighted by Crippen LogP contribution is 2.09. The number of hydrogen-bond acceptors (Lipinski definition) is 2. The van der Waals surface area contributed by atoms with E-state index in [9.17, 15) is 0 Å². The molecule has 14 heavy (non-hydrogen) atoms. The van der Waals surface area contributed by atoms with Crippen molar-refractivity contribution < 1.29 is 5.11 Å². The first kappa shape index (κ1) is 13.9. The van der Waals surface area contributed by atoms with Gasteiger partial charge in [-0.3, -0.25) is 0 Å². The molecular weight excluding hydrogens is 174 g/mol. The van der Waals surface area contributed by atoms with Gasteiger partial charge in [-0.2, -0.15) is 0 Å². The molecule has 0 saturated carbocycles. The molecular formula is C12H27NO. The molecule has 1 atom stereocenters. The van der Waals surface area contributed by atoms with Crippen molar-refractivity contribution in [3.63, 3.8) is 0 Å². The molecule has 0 spiro atoms. The predicted molar refractivity (Wildman–Crippen MR) is 62.5 cm³/mol. The fourth-order valence-electron chi connectivity index (χ4n) is 1.75. The van der Waals surface area contributed by atoms with Gasteiger partial charge in [0, 0.05) is 6.61 Å². The molecule has 1 unspecified atom stereocenters. The molecule has 2 nitrogen and oxygen atoms in total. The van der Waals surface area contributed by atoms with Gasteiger partial charge >= 0.3 is 0 Å². The van der Waals surface area contributed by atoms with Gasteiger partial charge in [-0.25, -0.2) is 0 Å². The number of rotatable bonds is 10. The van der Waals surface area contributed by atoms with Crippen LogP contribution >= 0.6 is 0 Å². The first-order valence-corrected chi connectivity index (χ1v) is 6.16. The summed E-state index contributed by atoms with van der Waals surface area (Å²) in [5.74, 6) is 0.673. The van der Waals surface area contributed by atoms with Gasteiger partial charge in [0.05, 0.1) is 0 Å². The molecule has 86 valence electrons. The van der Waals surface area contributed by atoms with Crippen LogP contribution in [-0.4, -0.2) is 24.8 Å². The molecule has 0 aromatic carbocycles. The smallest absolute Gasteiger partial charge is 0.0434 e. The lowest BCUT2D eigenvalue weighted by molar-refractivity contribution is 0.248. The molecule has 0 heterocycles. The Kier molecular flexibility index (Phi) is 10.9. The lowest BCUT2D eigenvalue weighted by Crippen LogP contribution is -2.24. The Labute approximate surface area is 89.1 Å². The number of aliphatic hydroxyl groups is 1. The molecule has 0 aromatic rings. The predicted octanol–water partition coefficient (Wildman–Crippen LogP) is 2.56. The highest BCUT2D eigenvalue weighted by atomic mass is 16.3. The minimum atomic E-state index is 0.335. The van der Waals surface area contributed by atoms with E-state index in [-0.39, 0.29) is 0 Å². The summed E-state index contributed by atoms with van der Waals surface area (Å²) < 4.78 is 0. The summed E-state index contributed by atoms with van der Waals surface area (Å²) in [6, 6.07) is 0. The first-order valence-electron chi connectivity index (χ1n) is 6.16. The van der Waals surface area contributed by atoms with Crippen LogP contribution in [0.15, 0.2) is 0 Å². The van der Waals surface area contributed by atoms with Crippen LogP contribution in [0.25, 0.3) is 0 Å². The van der Waals surface area contributed by atoms with Crippen molar-refractivity contribution in [3.8, 4) is 0 Å². The highest BCUT2D eigenvalue weighted by Gasteiger charge is 2.05. The summed E-state index contributed by atoms with van der Waals surface area (Å²) in [5, 5.41) is 12.4. The van der Waals surface area contributed by atoms with Crippen LogP contribution in [0.4, 0.5) is 0 Å². The van der Waals surface area contributed by atoms with Gasteiger partial charge in [-0.1, -0.05) is 33.1 Å². The monoisotopic (exact) mass is 201 g/mol. The van der Waals surface area contributed by atoms with Crippen LogP contribution in [0, 0.1) is 5.92 Å². The second-order valence-corrected chi connectivity index (χ2v) is 4.08. The minimum Gasteiger partial charge on any atom is -0.396 e. The topological polar surface area (TPSA) is 32.3 Å². The first-order chi connectivity index (χ1) is 6.85. The molecule has 0 aliphatic carbocycles. The van der Waals surface area contributed by atoms with E-state index in [1.165, 1.54) is 32.1 Å². The summed E-state index contributed by atoms with van der Waals surface area (Å²) in [4.78, 5) is 0. The Morgan fingerprint density at radius 3 is 2.43 bits per heavy atom. The molecule has 0 aliphatic heterocycles. The zero-order valence-corrected chi connectivity index (χ0v) is 9.89. The van der Waals surface area contributed by atoms with Gasteiger partial charge in [0.25, 0.3) is 0 Å². The summed E-state index contributed by atoms with van der Waals surface area (Å²) >= 11 is 0. The molecule has 0 aliphatic rings. The standard InChI is InChI=1S/C12H27NO/c1-3-5-6-9-13-11-12(7-4-2)8-10-14/h12-14H,3-11H2,1-2H3. The fraction of sp³-hybridized carbons (Fsp3) is 1.00. The number of aliphatic hydroxyl groups excluding tert-OH is 1. The van der Waals surface area contributed by atoms with Gasteiger partial charge in [-0.15, -0.1) is 0 Å². The van der Waals surface area contributed by atoms with Gasteiger partial charge in [-0.05, 0) is 38.3 Å². The maximum absolute atomic E-state index is 8.88. The Balaban J connectivity index is 3.30. The van der Waals surface area contributed by atoms with Gasteiger partial charge in [0.2, 0.25) is 0 Å². The molecule has 2 heteroatoms. The normalized spacial score (nSPS) is 13.1. The van der Waals surface area contributed by atoms with Crippen LogP contribution < -0.4 is 5.32 Å². The molecule has 0 rings (SSSR count). The average Bonchev–Trinajstić information content (AvgIpc) is 2.18. The van der Waals surface area contributed by atoms with E-state index >= 15 is 0 Å². The van der Waals surface area contributed by atoms with Crippen LogP contribution in [0.3, 0.4) is 0 Å². The van der Waals surface area contributed by atoms with Gasteiger partial charge < -0.3 is 10.4 Å². The van der Waals surface area contributed by atoms with Crippen molar-refractivity contribution in [3.05, 3.63) is 0 Å². The van der Waals surface area contributed by atoms with Crippen LogP contribution in [0.1, 0.15) is 52.4 Å². The van der Waals surface area contributed by atoms with Crippen molar-refractivity contribution in [2.75, 3.05) is 19.7 Å². The Morgan fingerprint density at radius 2 is 1.86 bits per heavy atom. The summed E-state index contributed by atoms with van der Waals surface area (Å²) in [6.45, 7) is 6.99. The lowest BCUT2D eigenvalue weighted by Gasteiger charge is -2.15. The van der Waals surface area contributed by atoms with Gasteiger partial charge in [0.15, 0.2) is 0 Å². The second kappa shape index (κ2) is 11.0. The number of unbranched alkanes of at least 4 members (excludes halogenated alkanes) is 2. The SMILES string of the molecule is CCCCCNCC(CCC)CCO. The quantitative estimate of drug-likeness (QED) is 0.532. The third kappa shape index (κ3) is 8.52. The highest BCUT2D eigenvalue weighted by molar-refractivity contribution is 4.61. The Hall–Kier alpha value is -0.0800. The van der Waals surface area contributed by atoms with E-state index in [1.807, 2.05) is 0 Å². The Bertz CT molecular complexity index is 100.